The molecule has 0 aliphatic heterocycles. The highest BCUT2D eigenvalue weighted by Gasteiger charge is 2.40. The summed E-state index contributed by atoms with van der Waals surface area (Å²) in [5.41, 5.74) is 0.359. The predicted octanol–water partition coefficient (Wildman–Crippen LogP) is 4.64. The van der Waals surface area contributed by atoms with Crippen molar-refractivity contribution in [3.63, 3.8) is 0 Å². The zero-order valence-electron chi connectivity index (χ0n) is 15.6. The molecular formula is C17H28FNO4Si. The molecule has 0 saturated carbocycles. The number of oxazole rings is 1. The summed E-state index contributed by atoms with van der Waals surface area (Å²) in [4.78, 5) is 15.9. The number of esters is 1. The van der Waals surface area contributed by atoms with Crippen molar-refractivity contribution in [2.24, 2.45) is 0 Å². The minimum atomic E-state index is -2.27. The molecule has 1 atom stereocenters. The van der Waals surface area contributed by atoms with Crippen LogP contribution in [0.2, 0.25) is 18.1 Å². The van der Waals surface area contributed by atoms with E-state index in [2.05, 4.69) is 25.8 Å². The summed E-state index contributed by atoms with van der Waals surface area (Å²) in [6.07, 6.45) is 1.46. The Labute approximate surface area is 144 Å². The van der Waals surface area contributed by atoms with Crippen LogP contribution < -0.4 is 0 Å². The van der Waals surface area contributed by atoms with Crippen molar-refractivity contribution in [1.82, 2.24) is 4.98 Å². The third kappa shape index (κ3) is 5.87. The van der Waals surface area contributed by atoms with E-state index in [1.165, 1.54) is 12.3 Å². The number of rotatable bonds is 7. The smallest absolute Gasteiger partial charge is 0.308 e. The molecule has 1 rings (SSSR count). The van der Waals surface area contributed by atoms with Gasteiger partial charge in [0.15, 0.2) is 14.2 Å². The highest BCUT2D eigenvalue weighted by molar-refractivity contribution is 6.74. The Morgan fingerprint density at radius 3 is 2.54 bits per heavy atom. The number of aryl methyl sites for hydroxylation is 1. The quantitative estimate of drug-likeness (QED) is 0.525. The van der Waals surface area contributed by atoms with Gasteiger partial charge < -0.3 is 13.6 Å². The van der Waals surface area contributed by atoms with Crippen LogP contribution in [-0.2, 0) is 14.0 Å². The normalized spacial score (nSPS) is 14.6. The van der Waals surface area contributed by atoms with Gasteiger partial charge in [-0.3, -0.25) is 4.79 Å². The summed E-state index contributed by atoms with van der Waals surface area (Å²) in [5, 5.41) is -0.106. The number of carbonyl (C=O) groups is 1. The zero-order valence-corrected chi connectivity index (χ0v) is 16.6. The fraction of sp³-hybridized carbons (Fsp3) is 0.647. The van der Waals surface area contributed by atoms with E-state index in [4.69, 9.17) is 13.6 Å². The number of carbonyl (C=O) groups excluding carboxylic acids is 1. The lowest BCUT2D eigenvalue weighted by Crippen LogP contribution is -2.44. The van der Waals surface area contributed by atoms with Crippen LogP contribution >= 0.6 is 0 Å². The Hall–Kier alpha value is -1.47. The molecule has 1 heterocycles. The van der Waals surface area contributed by atoms with Crippen LogP contribution in [0, 0.1) is 6.92 Å². The van der Waals surface area contributed by atoms with E-state index in [1.807, 2.05) is 13.1 Å². The lowest BCUT2D eigenvalue weighted by Gasteiger charge is -2.38. The molecule has 0 spiro atoms. The van der Waals surface area contributed by atoms with Crippen LogP contribution in [-0.4, -0.2) is 32.0 Å². The molecule has 0 unspecified atom stereocenters. The number of hydrogen-bond acceptors (Lipinski definition) is 5. The molecule has 136 valence electrons. The lowest BCUT2D eigenvalue weighted by atomic mass is 10.2. The third-order valence-electron chi connectivity index (χ3n) is 4.13. The number of aromatic nitrogens is 1. The van der Waals surface area contributed by atoms with Crippen molar-refractivity contribution in [2.75, 3.05) is 6.61 Å². The summed E-state index contributed by atoms with van der Waals surface area (Å²) < 4.78 is 30.9. The molecule has 1 aromatic heterocycles. The van der Waals surface area contributed by atoms with Crippen molar-refractivity contribution in [2.45, 2.75) is 65.3 Å². The maximum absolute atomic E-state index is 14.8. The van der Waals surface area contributed by atoms with Gasteiger partial charge in [0, 0.05) is 13.0 Å². The molecule has 0 N–H and O–H groups in total. The summed E-state index contributed by atoms with van der Waals surface area (Å²) in [6, 6.07) is 0. The first kappa shape index (κ1) is 20.6. The summed E-state index contributed by atoms with van der Waals surface area (Å²) in [7, 11) is -2.27. The molecule has 0 saturated heterocycles. The van der Waals surface area contributed by atoms with E-state index in [0.29, 0.717) is 11.6 Å². The largest absolute Gasteiger partial charge is 0.466 e. The van der Waals surface area contributed by atoms with Crippen LogP contribution in [0.1, 0.15) is 45.7 Å². The summed E-state index contributed by atoms with van der Waals surface area (Å²) in [6.45, 7) is 13.8. The fourth-order valence-electron chi connectivity index (χ4n) is 1.78. The number of hydrogen-bond donors (Lipinski definition) is 0. The van der Waals surface area contributed by atoms with Crippen molar-refractivity contribution >= 4 is 20.4 Å². The second-order valence-corrected chi connectivity index (χ2v) is 12.0. The SMILES string of the molecule is CCOC(=O)C[C@H](O[Si](C)(C)C(C)(C)C)/C(F)=C/c1coc(C)n1. The average Bonchev–Trinajstić information content (AvgIpc) is 2.82. The molecule has 0 bridgehead atoms. The molecule has 0 fully saturated rings. The van der Waals surface area contributed by atoms with Gasteiger partial charge in [-0.05, 0) is 25.1 Å². The van der Waals surface area contributed by atoms with Crippen molar-refractivity contribution < 1.29 is 22.8 Å². The lowest BCUT2D eigenvalue weighted by molar-refractivity contribution is -0.144. The highest BCUT2D eigenvalue weighted by atomic mass is 28.4. The first-order chi connectivity index (χ1) is 11.0. The van der Waals surface area contributed by atoms with Gasteiger partial charge in [0.2, 0.25) is 0 Å². The van der Waals surface area contributed by atoms with E-state index in [-0.39, 0.29) is 18.1 Å². The third-order valence-corrected chi connectivity index (χ3v) is 8.62. The van der Waals surface area contributed by atoms with Crippen LogP contribution in [0.3, 0.4) is 0 Å². The first-order valence-electron chi connectivity index (χ1n) is 8.09. The minimum Gasteiger partial charge on any atom is -0.466 e. The van der Waals surface area contributed by atoms with E-state index < -0.39 is 26.2 Å². The van der Waals surface area contributed by atoms with Gasteiger partial charge in [-0.1, -0.05) is 20.8 Å². The van der Waals surface area contributed by atoms with E-state index in [9.17, 15) is 9.18 Å². The Kier molecular flexibility index (Phi) is 6.92. The molecule has 24 heavy (non-hydrogen) atoms. The van der Waals surface area contributed by atoms with Crippen LogP contribution in [0.25, 0.3) is 6.08 Å². The second-order valence-electron chi connectivity index (χ2n) is 7.20. The predicted molar refractivity (Wildman–Crippen MR) is 93.6 cm³/mol. The van der Waals surface area contributed by atoms with Crippen molar-refractivity contribution in [3.8, 4) is 0 Å². The van der Waals surface area contributed by atoms with Gasteiger partial charge in [-0.15, -0.1) is 0 Å². The Bertz CT molecular complexity index is 590. The summed E-state index contributed by atoms with van der Waals surface area (Å²) in [5.74, 6) is -0.594. The average molecular weight is 357 g/mol. The molecule has 0 radical (unpaired) electrons. The molecule has 0 aliphatic carbocycles. The van der Waals surface area contributed by atoms with E-state index in [1.54, 1.807) is 13.8 Å². The second kappa shape index (κ2) is 8.07. The Morgan fingerprint density at radius 2 is 2.08 bits per heavy atom. The van der Waals surface area contributed by atoms with Crippen molar-refractivity contribution in [1.29, 1.82) is 0 Å². The zero-order chi connectivity index (χ0) is 18.5. The molecule has 7 heteroatoms. The molecule has 0 amide bonds. The van der Waals surface area contributed by atoms with E-state index in [0.717, 1.165) is 0 Å². The standard InChI is InChI=1S/C17H28FNO4Si/c1-8-21-16(20)10-15(23-24(6,7)17(3,4)5)14(18)9-13-11-22-12(2)19-13/h9,11,15H,8,10H2,1-7H3/b14-9-/t15-/m0/s1. The molecule has 0 aromatic carbocycles. The van der Waals surface area contributed by atoms with Gasteiger partial charge in [0.25, 0.3) is 0 Å². The molecular weight excluding hydrogens is 329 g/mol. The van der Waals surface area contributed by atoms with Gasteiger partial charge in [-0.2, -0.15) is 0 Å². The van der Waals surface area contributed by atoms with Gasteiger partial charge in [-0.25, -0.2) is 9.37 Å². The summed E-state index contributed by atoms with van der Waals surface area (Å²) >= 11 is 0. The first-order valence-corrected chi connectivity index (χ1v) is 11.0. The van der Waals surface area contributed by atoms with Crippen LogP contribution in [0.4, 0.5) is 4.39 Å². The minimum absolute atomic E-state index is 0.106. The number of ether oxygens (including phenoxy) is 1. The fourth-order valence-corrected chi connectivity index (χ4v) is 3.04. The van der Waals surface area contributed by atoms with E-state index >= 15 is 0 Å². The maximum Gasteiger partial charge on any atom is 0.308 e. The number of halogens is 1. The molecule has 1 aromatic rings. The highest BCUT2D eigenvalue weighted by Crippen LogP contribution is 2.38. The van der Waals surface area contributed by atoms with Gasteiger partial charge >= 0.3 is 5.97 Å². The topological polar surface area (TPSA) is 61.6 Å². The van der Waals surface area contributed by atoms with Crippen LogP contribution in [0.5, 0.6) is 0 Å². The molecule has 0 aliphatic rings. The van der Waals surface area contributed by atoms with Crippen LogP contribution in [0.15, 0.2) is 16.5 Å². The molecule has 5 nitrogen and oxygen atoms in total. The van der Waals surface area contributed by atoms with Crippen molar-refractivity contribution in [3.05, 3.63) is 23.7 Å². The monoisotopic (exact) mass is 357 g/mol. The Balaban J connectivity index is 3.04. The van der Waals surface area contributed by atoms with Gasteiger partial charge in [0.05, 0.1) is 13.0 Å². The number of nitrogens with zero attached hydrogens (tertiary/aromatic N) is 1. The Morgan fingerprint density at radius 1 is 1.46 bits per heavy atom. The maximum atomic E-state index is 14.8. The van der Waals surface area contributed by atoms with Gasteiger partial charge in [0.1, 0.15) is 23.9 Å².